The summed E-state index contributed by atoms with van der Waals surface area (Å²) in [5.41, 5.74) is 1.89. The first-order valence-electron chi connectivity index (χ1n) is 10.8. The summed E-state index contributed by atoms with van der Waals surface area (Å²) < 4.78 is 11.4. The second-order valence-corrected chi connectivity index (χ2v) is 7.56. The molecule has 6 nitrogen and oxygen atoms in total. The van der Waals surface area contributed by atoms with E-state index in [0.29, 0.717) is 19.0 Å². The third-order valence-corrected chi connectivity index (χ3v) is 5.61. The van der Waals surface area contributed by atoms with Crippen molar-refractivity contribution in [1.82, 2.24) is 14.8 Å². The topological polar surface area (TPSA) is 58.8 Å². The van der Waals surface area contributed by atoms with Crippen molar-refractivity contribution in [1.29, 1.82) is 0 Å². The van der Waals surface area contributed by atoms with Crippen molar-refractivity contribution < 1.29 is 13.9 Å². The molecule has 0 spiro atoms. The van der Waals surface area contributed by atoms with Gasteiger partial charge in [-0.25, -0.2) is 4.98 Å². The van der Waals surface area contributed by atoms with Gasteiger partial charge in [0.2, 0.25) is 11.8 Å². The number of benzene rings is 1. The predicted octanol–water partition coefficient (Wildman–Crippen LogP) is 4.13. The Morgan fingerprint density at radius 3 is 2.62 bits per heavy atom. The fourth-order valence-electron chi connectivity index (χ4n) is 3.96. The molecule has 2 heterocycles. The van der Waals surface area contributed by atoms with Crippen LogP contribution in [0.1, 0.15) is 45.1 Å². The van der Waals surface area contributed by atoms with E-state index in [4.69, 9.17) is 14.1 Å². The summed E-state index contributed by atoms with van der Waals surface area (Å²) in [4.78, 5) is 21.8. The second kappa shape index (κ2) is 9.92. The van der Waals surface area contributed by atoms with Crippen molar-refractivity contribution in [2.24, 2.45) is 5.92 Å². The van der Waals surface area contributed by atoms with Crippen molar-refractivity contribution in [3.8, 4) is 17.2 Å². The van der Waals surface area contributed by atoms with Gasteiger partial charge in [0.25, 0.3) is 0 Å². The Morgan fingerprint density at radius 2 is 1.97 bits per heavy atom. The largest absolute Gasteiger partial charge is 0.494 e. The number of rotatable bonds is 8. The molecule has 0 radical (unpaired) electrons. The van der Waals surface area contributed by atoms with E-state index >= 15 is 0 Å². The second-order valence-electron chi connectivity index (χ2n) is 7.56. The van der Waals surface area contributed by atoms with Gasteiger partial charge in [0, 0.05) is 31.7 Å². The molecule has 0 bridgehead atoms. The monoisotopic (exact) mass is 399 g/mol. The van der Waals surface area contributed by atoms with Crippen LogP contribution in [-0.2, 0) is 11.3 Å². The SMILES string of the molecule is CCOc1ccc(-c2nc(CN3CCCC(C(=O)N(CC)CC)C3)c(C)o2)cc1. The number of ether oxygens (including phenoxy) is 1. The number of hydrogen-bond acceptors (Lipinski definition) is 5. The molecule has 6 heteroatoms. The van der Waals surface area contributed by atoms with Crippen LogP contribution in [0.15, 0.2) is 28.7 Å². The molecule has 158 valence electrons. The molecule has 0 saturated carbocycles. The van der Waals surface area contributed by atoms with Crippen LogP contribution in [-0.4, -0.2) is 53.5 Å². The number of amides is 1. The first-order chi connectivity index (χ1) is 14.0. The van der Waals surface area contributed by atoms with Gasteiger partial charge in [-0.1, -0.05) is 0 Å². The van der Waals surface area contributed by atoms with Crippen molar-refractivity contribution in [2.75, 3.05) is 32.8 Å². The van der Waals surface area contributed by atoms with Gasteiger partial charge in [0.1, 0.15) is 11.5 Å². The normalized spacial score (nSPS) is 17.3. The lowest BCUT2D eigenvalue weighted by molar-refractivity contribution is -0.137. The predicted molar refractivity (Wildman–Crippen MR) is 114 cm³/mol. The Morgan fingerprint density at radius 1 is 1.24 bits per heavy atom. The number of carbonyl (C=O) groups is 1. The van der Waals surface area contributed by atoms with Gasteiger partial charge in [-0.15, -0.1) is 0 Å². The zero-order valence-corrected chi connectivity index (χ0v) is 18.1. The van der Waals surface area contributed by atoms with Gasteiger partial charge in [-0.2, -0.15) is 0 Å². The van der Waals surface area contributed by atoms with Crippen LogP contribution in [0.25, 0.3) is 11.5 Å². The molecule has 3 rings (SSSR count). The Balaban J connectivity index is 1.66. The first kappa shape index (κ1) is 21.4. The summed E-state index contributed by atoms with van der Waals surface area (Å²) in [5.74, 6) is 2.68. The minimum Gasteiger partial charge on any atom is -0.494 e. The molecule has 1 aromatic heterocycles. The van der Waals surface area contributed by atoms with Crippen LogP contribution in [0.4, 0.5) is 0 Å². The van der Waals surface area contributed by atoms with Crippen molar-refractivity contribution in [3.05, 3.63) is 35.7 Å². The number of nitrogens with zero attached hydrogens (tertiary/aromatic N) is 3. The average Bonchev–Trinajstić information content (AvgIpc) is 3.10. The van der Waals surface area contributed by atoms with E-state index in [1.165, 1.54) is 0 Å². The summed E-state index contributed by atoms with van der Waals surface area (Å²) in [7, 11) is 0. The Kier molecular flexibility index (Phi) is 7.31. The first-order valence-corrected chi connectivity index (χ1v) is 10.8. The lowest BCUT2D eigenvalue weighted by atomic mass is 9.96. The van der Waals surface area contributed by atoms with Gasteiger partial charge in [0.05, 0.1) is 18.2 Å². The molecule has 2 aromatic rings. The van der Waals surface area contributed by atoms with Crippen molar-refractivity contribution >= 4 is 5.91 Å². The standard InChI is InChI=1S/C23H33N3O3/c1-5-26(6-2)23(27)19-9-8-14-25(15-19)16-21-17(4)29-22(24-21)18-10-12-20(13-11-18)28-7-3/h10-13,19H,5-9,14-16H2,1-4H3. The Labute approximate surface area is 173 Å². The lowest BCUT2D eigenvalue weighted by Crippen LogP contribution is -2.44. The minimum absolute atomic E-state index is 0.0847. The summed E-state index contributed by atoms with van der Waals surface area (Å²) in [6.07, 6.45) is 2.02. The number of aryl methyl sites for hydroxylation is 1. The molecule has 0 N–H and O–H groups in total. The maximum absolute atomic E-state index is 12.7. The van der Waals surface area contributed by atoms with Crippen LogP contribution < -0.4 is 4.74 Å². The molecule has 0 aliphatic carbocycles. The lowest BCUT2D eigenvalue weighted by Gasteiger charge is -2.34. The third-order valence-electron chi connectivity index (χ3n) is 5.61. The van der Waals surface area contributed by atoms with Gasteiger partial charge >= 0.3 is 0 Å². The Bertz CT molecular complexity index is 796. The molecule has 1 aromatic carbocycles. The molecule has 1 atom stereocenters. The highest BCUT2D eigenvalue weighted by Crippen LogP contribution is 2.26. The van der Waals surface area contributed by atoms with Gasteiger partial charge in [-0.3, -0.25) is 9.69 Å². The zero-order valence-electron chi connectivity index (χ0n) is 18.1. The number of oxazole rings is 1. The van der Waals surface area contributed by atoms with Crippen LogP contribution >= 0.6 is 0 Å². The molecule has 1 aliphatic rings. The van der Waals surface area contributed by atoms with E-state index in [9.17, 15) is 4.79 Å². The highest BCUT2D eigenvalue weighted by molar-refractivity contribution is 5.79. The van der Waals surface area contributed by atoms with Crippen LogP contribution in [0.2, 0.25) is 0 Å². The maximum Gasteiger partial charge on any atom is 0.226 e. The number of aromatic nitrogens is 1. The van der Waals surface area contributed by atoms with Gasteiger partial charge in [-0.05, 0) is 71.3 Å². The van der Waals surface area contributed by atoms with E-state index in [-0.39, 0.29) is 11.8 Å². The summed E-state index contributed by atoms with van der Waals surface area (Å²) >= 11 is 0. The number of piperidine rings is 1. The maximum atomic E-state index is 12.7. The number of hydrogen-bond donors (Lipinski definition) is 0. The molecular weight excluding hydrogens is 366 g/mol. The molecular formula is C23H33N3O3. The molecule has 1 amide bonds. The molecule has 29 heavy (non-hydrogen) atoms. The fourth-order valence-corrected chi connectivity index (χ4v) is 3.96. The smallest absolute Gasteiger partial charge is 0.226 e. The summed E-state index contributed by atoms with van der Waals surface area (Å²) in [6, 6.07) is 7.82. The highest BCUT2D eigenvalue weighted by Gasteiger charge is 2.29. The van der Waals surface area contributed by atoms with E-state index in [1.807, 2.05) is 56.9 Å². The van der Waals surface area contributed by atoms with Crippen LogP contribution in [0.3, 0.4) is 0 Å². The summed E-state index contributed by atoms with van der Waals surface area (Å²) in [5, 5.41) is 0. The van der Waals surface area contributed by atoms with E-state index < -0.39 is 0 Å². The van der Waals surface area contributed by atoms with Gasteiger partial charge in [0.15, 0.2) is 0 Å². The molecule has 1 unspecified atom stereocenters. The molecule has 1 saturated heterocycles. The van der Waals surface area contributed by atoms with Crippen molar-refractivity contribution in [3.63, 3.8) is 0 Å². The van der Waals surface area contributed by atoms with Crippen LogP contribution in [0.5, 0.6) is 5.75 Å². The number of likely N-dealkylation sites (tertiary alicyclic amines) is 1. The van der Waals surface area contributed by atoms with Crippen molar-refractivity contribution in [2.45, 2.75) is 47.1 Å². The average molecular weight is 400 g/mol. The van der Waals surface area contributed by atoms with E-state index in [0.717, 1.165) is 61.8 Å². The fraction of sp³-hybridized carbons (Fsp3) is 0.565. The van der Waals surface area contributed by atoms with E-state index in [1.54, 1.807) is 0 Å². The molecule has 1 aliphatic heterocycles. The Hall–Kier alpha value is -2.34. The summed E-state index contributed by atoms with van der Waals surface area (Å²) in [6.45, 7) is 12.7. The van der Waals surface area contributed by atoms with E-state index in [2.05, 4.69) is 4.90 Å². The quantitative estimate of drug-likeness (QED) is 0.668. The molecule has 1 fully saturated rings. The zero-order chi connectivity index (χ0) is 20.8. The number of carbonyl (C=O) groups excluding carboxylic acids is 1. The van der Waals surface area contributed by atoms with Crippen LogP contribution in [0, 0.1) is 12.8 Å². The minimum atomic E-state index is 0.0847. The third kappa shape index (κ3) is 5.18. The highest BCUT2D eigenvalue weighted by atomic mass is 16.5. The van der Waals surface area contributed by atoms with Gasteiger partial charge < -0.3 is 14.1 Å².